The van der Waals surface area contributed by atoms with E-state index in [2.05, 4.69) is 5.32 Å². The molecular weight excluding hydrogens is 308 g/mol. The molecule has 7 nitrogen and oxygen atoms in total. The summed E-state index contributed by atoms with van der Waals surface area (Å²) in [4.78, 5) is 39.2. The molecule has 0 radical (unpaired) electrons. The Kier molecular flexibility index (Phi) is 4.34. The van der Waals surface area contributed by atoms with Crippen LogP contribution in [0.5, 0.6) is 0 Å². The summed E-state index contributed by atoms with van der Waals surface area (Å²) in [5.74, 6) is -0.0130. The third-order valence-electron chi connectivity index (χ3n) is 5.09. The van der Waals surface area contributed by atoms with E-state index in [1.54, 1.807) is 32.4 Å². The molecule has 130 valence electrons. The number of carbonyl (C=O) groups is 2. The number of aromatic nitrogens is 1. The molecule has 1 N–H and O–H groups in total. The van der Waals surface area contributed by atoms with Crippen LogP contribution in [0.15, 0.2) is 29.2 Å². The summed E-state index contributed by atoms with van der Waals surface area (Å²) >= 11 is 0. The number of urea groups is 1. The van der Waals surface area contributed by atoms with Crippen LogP contribution in [0.1, 0.15) is 19.3 Å². The summed E-state index contributed by atoms with van der Waals surface area (Å²) in [6.07, 6.45) is 4.45. The molecule has 1 aromatic heterocycles. The minimum Gasteiger partial charge on any atom is -0.341 e. The molecule has 1 aliphatic heterocycles. The molecule has 1 spiro atoms. The molecule has 1 saturated carbocycles. The van der Waals surface area contributed by atoms with Crippen LogP contribution in [-0.2, 0) is 11.3 Å². The lowest BCUT2D eigenvalue weighted by molar-refractivity contribution is -0.131. The fourth-order valence-electron chi connectivity index (χ4n) is 3.71. The Morgan fingerprint density at radius 1 is 1.33 bits per heavy atom. The molecule has 1 aromatic rings. The molecule has 2 fully saturated rings. The number of nitrogens with zero attached hydrogens (tertiary/aromatic N) is 3. The third-order valence-corrected chi connectivity index (χ3v) is 5.09. The van der Waals surface area contributed by atoms with Crippen LogP contribution >= 0.6 is 0 Å². The lowest BCUT2D eigenvalue weighted by atomic mass is 9.65. The fraction of sp³-hybridized carbons (Fsp3) is 0.588. The topological polar surface area (TPSA) is 74.7 Å². The van der Waals surface area contributed by atoms with Gasteiger partial charge in [0.15, 0.2) is 0 Å². The largest absolute Gasteiger partial charge is 0.341 e. The van der Waals surface area contributed by atoms with Gasteiger partial charge in [0.1, 0.15) is 6.54 Å². The van der Waals surface area contributed by atoms with Crippen molar-refractivity contribution in [2.24, 2.45) is 5.41 Å². The summed E-state index contributed by atoms with van der Waals surface area (Å²) in [5, 5.41) is 3.00. The highest BCUT2D eigenvalue weighted by atomic mass is 16.2. The van der Waals surface area contributed by atoms with Gasteiger partial charge < -0.3 is 19.7 Å². The zero-order valence-electron chi connectivity index (χ0n) is 14.2. The number of pyridine rings is 1. The van der Waals surface area contributed by atoms with Crippen molar-refractivity contribution in [3.8, 4) is 0 Å². The van der Waals surface area contributed by atoms with Crippen molar-refractivity contribution < 1.29 is 9.59 Å². The summed E-state index contributed by atoms with van der Waals surface area (Å²) in [6, 6.07) is 5.02. The van der Waals surface area contributed by atoms with E-state index >= 15 is 0 Å². The van der Waals surface area contributed by atoms with Crippen LogP contribution in [0.3, 0.4) is 0 Å². The average molecular weight is 332 g/mol. The van der Waals surface area contributed by atoms with Crippen molar-refractivity contribution >= 4 is 11.9 Å². The van der Waals surface area contributed by atoms with E-state index in [0.717, 1.165) is 32.4 Å². The van der Waals surface area contributed by atoms with Gasteiger partial charge in [-0.2, -0.15) is 0 Å². The summed E-state index contributed by atoms with van der Waals surface area (Å²) in [6.45, 7) is 1.55. The number of rotatable bonds is 3. The smallest absolute Gasteiger partial charge is 0.317 e. The first kappa shape index (κ1) is 16.5. The zero-order chi connectivity index (χ0) is 17.3. The predicted octanol–water partition coefficient (Wildman–Crippen LogP) is 0.501. The molecule has 0 aromatic carbocycles. The third kappa shape index (κ3) is 3.29. The Balaban J connectivity index is 1.51. The van der Waals surface area contributed by atoms with Crippen LogP contribution in [-0.4, -0.2) is 59.5 Å². The predicted molar refractivity (Wildman–Crippen MR) is 89.6 cm³/mol. The second-order valence-corrected chi connectivity index (χ2v) is 7.18. The van der Waals surface area contributed by atoms with Gasteiger partial charge in [0.05, 0.1) is 0 Å². The first-order valence-electron chi connectivity index (χ1n) is 8.30. The molecule has 7 heteroatoms. The van der Waals surface area contributed by atoms with Gasteiger partial charge in [0.2, 0.25) is 5.91 Å². The summed E-state index contributed by atoms with van der Waals surface area (Å²) < 4.78 is 1.44. The van der Waals surface area contributed by atoms with Gasteiger partial charge in [-0.25, -0.2) is 4.79 Å². The normalized spacial score (nSPS) is 25.4. The van der Waals surface area contributed by atoms with E-state index in [-0.39, 0.29) is 35.5 Å². The van der Waals surface area contributed by atoms with Gasteiger partial charge in [-0.15, -0.1) is 0 Å². The van der Waals surface area contributed by atoms with Gasteiger partial charge in [-0.1, -0.05) is 6.07 Å². The van der Waals surface area contributed by atoms with E-state index < -0.39 is 0 Å². The molecule has 3 rings (SSSR count). The van der Waals surface area contributed by atoms with Crippen LogP contribution in [0, 0.1) is 5.41 Å². The first-order valence-corrected chi connectivity index (χ1v) is 8.30. The van der Waals surface area contributed by atoms with Gasteiger partial charge in [-0.3, -0.25) is 9.59 Å². The molecule has 1 aliphatic carbocycles. The maximum atomic E-state index is 12.4. The second-order valence-electron chi connectivity index (χ2n) is 7.18. The van der Waals surface area contributed by atoms with Gasteiger partial charge >= 0.3 is 6.03 Å². The van der Waals surface area contributed by atoms with Gasteiger partial charge in [-0.05, 0) is 30.7 Å². The van der Waals surface area contributed by atoms with Crippen LogP contribution in [0.25, 0.3) is 0 Å². The Morgan fingerprint density at radius 2 is 2.08 bits per heavy atom. The molecule has 1 saturated heterocycles. The SMILES string of the molecule is CN(C)C(=O)NC1CC2(CCN(C(=O)Cn3ccccc3=O)C2)C1. The molecule has 2 heterocycles. The number of amides is 3. The van der Waals surface area contributed by atoms with Crippen molar-refractivity contribution in [1.29, 1.82) is 0 Å². The number of carbonyl (C=O) groups excluding carboxylic acids is 2. The maximum absolute atomic E-state index is 12.4. The molecule has 3 amide bonds. The molecule has 0 unspecified atom stereocenters. The molecule has 0 bridgehead atoms. The van der Waals surface area contributed by atoms with E-state index in [9.17, 15) is 14.4 Å². The minimum atomic E-state index is -0.158. The summed E-state index contributed by atoms with van der Waals surface area (Å²) in [7, 11) is 3.45. The average Bonchev–Trinajstić information content (AvgIpc) is 2.94. The number of hydrogen-bond donors (Lipinski definition) is 1. The van der Waals surface area contributed by atoms with Crippen molar-refractivity contribution in [2.45, 2.75) is 31.8 Å². The van der Waals surface area contributed by atoms with Gasteiger partial charge in [0, 0.05) is 45.5 Å². The highest BCUT2D eigenvalue weighted by Crippen LogP contribution is 2.48. The standard InChI is InChI=1S/C17H24N4O3/c1-19(2)16(24)18-13-9-17(10-13)6-8-21(12-17)15(23)11-20-7-4-3-5-14(20)22/h3-5,7,13H,6,8-12H2,1-2H3,(H,18,24). The van der Waals surface area contributed by atoms with Crippen molar-refractivity contribution in [2.75, 3.05) is 27.2 Å². The fourth-order valence-corrected chi connectivity index (χ4v) is 3.71. The lowest BCUT2D eigenvalue weighted by Gasteiger charge is -2.45. The quantitative estimate of drug-likeness (QED) is 0.876. The van der Waals surface area contributed by atoms with Crippen LogP contribution in [0.4, 0.5) is 4.79 Å². The van der Waals surface area contributed by atoms with E-state index in [0.29, 0.717) is 0 Å². The number of likely N-dealkylation sites (tertiary alicyclic amines) is 1. The lowest BCUT2D eigenvalue weighted by Crippen LogP contribution is -2.54. The first-order chi connectivity index (χ1) is 11.4. The maximum Gasteiger partial charge on any atom is 0.317 e. The Morgan fingerprint density at radius 3 is 2.75 bits per heavy atom. The molecule has 2 aliphatic rings. The highest BCUT2D eigenvalue weighted by Gasteiger charge is 2.49. The summed E-state index contributed by atoms with van der Waals surface area (Å²) in [5.41, 5.74) is -0.0171. The minimum absolute atomic E-state index is 0.0130. The molecule has 24 heavy (non-hydrogen) atoms. The van der Waals surface area contributed by atoms with E-state index in [4.69, 9.17) is 0 Å². The van der Waals surface area contributed by atoms with Crippen LogP contribution < -0.4 is 10.9 Å². The van der Waals surface area contributed by atoms with Crippen molar-refractivity contribution in [3.05, 3.63) is 34.7 Å². The monoisotopic (exact) mass is 332 g/mol. The molecular formula is C17H24N4O3. The van der Waals surface area contributed by atoms with Crippen molar-refractivity contribution in [1.82, 2.24) is 19.7 Å². The number of hydrogen-bond acceptors (Lipinski definition) is 3. The number of nitrogens with one attached hydrogen (secondary N) is 1. The van der Waals surface area contributed by atoms with E-state index in [1.807, 2.05) is 4.90 Å². The second kappa shape index (κ2) is 6.30. The Labute approximate surface area is 141 Å². The van der Waals surface area contributed by atoms with Crippen LogP contribution in [0.2, 0.25) is 0 Å². The zero-order valence-corrected chi connectivity index (χ0v) is 14.2. The Bertz CT molecular complexity index is 691. The Hall–Kier alpha value is -2.31. The van der Waals surface area contributed by atoms with E-state index in [1.165, 1.54) is 15.5 Å². The molecule has 0 atom stereocenters. The van der Waals surface area contributed by atoms with Gasteiger partial charge in [0.25, 0.3) is 5.56 Å². The van der Waals surface area contributed by atoms with Crippen molar-refractivity contribution in [3.63, 3.8) is 0 Å². The highest BCUT2D eigenvalue weighted by molar-refractivity contribution is 5.76.